The van der Waals surface area contributed by atoms with Crippen LogP contribution in [0.5, 0.6) is 0 Å². The number of nitrogens with one attached hydrogen (secondary N) is 1. The second-order valence-corrected chi connectivity index (χ2v) is 10.2. The highest BCUT2D eigenvalue weighted by Gasteiger charge is 2.19. The van der Waals surface area contributed by atoms with E-state index >= 15 is 0 Å². The Morgan fingerprint density at radius 3 is 2.67 bits per heavy atom. The van der Waals surface area contributed by atoms with Crippen LogP contribution in [-0.2, 0) is 11.8 Å². The SMILES string of the molecule is CC(C)(C)c1cnc(-c2n[nH]c3cc(CC4CCCCC4)ccc3c2=S)s1. The summed E-state index contributed by atoms with van der Waals surface area (Å²) >= 11 is 7.45. The average Bonchev–Trinajstić information content (AvgIpc) is 3.13. The molecule has 3 nitrogen and oxygen atoms in total. The molecule has 0 radical (unpaired) electrons. The number of fused-ring (bicyclic) bond motifs is 1. The maximum absolute atomic E-state index is 5.77. The van der Waals surface area contributed by atoms with Crippen molar-refractivity contribution in [3.63, 3.8) is 0 Å². The second kappa shape index (κ2) is 7.44. The first kappa shape index (κ1) is 18.8. The number of aromatic amines is 1. The molecule has 1 fully saturated rings. The van der Waals surface area contributed by atoms with Crippen LogP contribution in [0, 0.1) is 10.4 Å². The molecule has 27 heavy (non-hydrogen) atoms. The van der Waals surface area contributed by atoms with Crippen LogP contribution in [0.1, 0.15) is 63.3 Å². The van der Waals surface area contributed by atoms with Crippen LogP contribution >= 0.6 is 23.6 Å². The standard InChI is InChI=1S/C22H27N3S2/c1-22(2,3)18-13-23-21(27-18)19-20(26)16-10-9-15(12-17(16)24-25-19)11-14-7-5-4-6-8-14/h9-10,12-14H,4-8,11H2,1-3H3,(H,24,26). The number of thiazole rings is 1. The number of rotatable bonds is 3. The molecule has 1 N–H and O–H groups in total. The molecule has 0 atom stereocenters. The highest BCUT2D eigenvalue weighted by molar-refractivity contribution is 7.71. The van der Waals surface area contributed by atoms with Gasteiger partial charge < -0.3 is 0 Å². The Bertz CT molecular complexity index is 1000. The van der Waals surface area contributed by atoms with Crippen LogP contribution in [0.3, 0.4) is 0 Å². The minimum absolute atomic E-state index is 0.0894. The molecule has 1 saturated carbocycles. The Hall–Kier alpha value is -1.59. The summed E-state index contributed by atoms with van der Waals surface area (Å²) < 4.78 is 0.794. The number of benzene rings is 1. The van der Waals surface area contributed by atoms with Crippen molar-refractivity contribution in [1.82, 2.24) is 15.2 Å². The van der Waals surface area contributed by atoms with Crippen LogP contribution < -0.4 is 0 Å². The summed E-state index contributed by atoms with van der Waals surface area (Å²) in [7, 11) is 0. The van der Waals surface area contributed by atoms with Gasteiger partial charge in [-0.05, 0) is 29.4 Å². The van der Waals surface area contributed by atoms with Crippen molar-refractivity contribution in [1.29, 1.82) is 0 Å². The smallest absolute Gasteiger partial charge is 0.145 e. The van der Waals surface area contributed by atoms with E-state index in [0.29, 0.717) is 0 Å². The van der Waals surface area contributed by atoms with Crippen molar-refractivity contribution < 1.29 is 0 Å². The molecule has 0 spiro atoms. The topological polar surface area (TPSA) is 41.6 Å². The first-order valence-electron chi connectivity index (χ1n) is 9.90. The maximum atomic E-state index is 5.77. The third kappa shape index (κ3) is 3.99. The average molecular weight is 398 g/mol. The lowest BCUT2D eigenvalue weighted by Gasteiger charge is -2.21. The van der Waals surface area contributed by atoms with Crippen molar-refractivity contribution in [2.45, 2.75) is 64.7 Å². The number of aromatic nitrogens is 3. The van der Waals surface area contributed by atoms with Gasteiger partial charge in [-0.25, -0.2) is 4.98 Å². The largest absolute Gasteiger partial charge is 0.277 e. The molecule has 1 aliphatic rings. The molecule has 0 unspecified atom stereocenters. The van der Waals surface area contributed by atoms with Gasteiger partial charge in [-0.3, -0.25) is 5.10 Å². The summed E-state index contributed by atoms with van der Waals surface area (Å²) in [6, 6.07) is 6.64. The van der Waals surface area contributed by atoms with Gasteiger partial charge in [0.2, 0.25) is 0 Å². The van der Waals surface area contributed by atoms with E-state index in [9.17, 15) is 0 Å². The van der Waals surface area contributed by atoms with Crippen LogP contribution in [0.15, 0.2) is 24.4 Å². The number of H-pyrrole nitrogens is 1. The van der Waals surface area contributed by atoms with Crippen molar-refractivity contribution in [2.75, 3.05) is 0 Å². The van der Waals surface area contributed by atoms with Gasteiger partial charge in [0.1, 0.15) is 10.7 Å². The van der Waals surface area contributed by atoms with E-state index < -0.39 is 0 Å². The van der Waals surface area contributed by atoms with Crippen LogP contribution in [0.4, 0.5) is 0 Å². The summed E-state index contributed by atoms with van der Waals surface area (Å²) in [5.41, 5.74) is 3.30. The molecule has 142 valence electrons. The van der Waals surface area contributed by atoms with Gasteiger partial charge in [0.05, 0.1) is 10.0 Å². The predicted molar refractivity (Wildman–Crippen MR) is 117 cm³/mol. The molecule has 2 aromatic heterocycles. The minimum atomic E-state index is 0.0894. The van der Waals surface area contributed by atoms with E-state index in [0.717, 1.165) is 32.0 Å². The summed E-state index contributed by atoms with van der Waals surface area (Å²) in [5.74, 6) is 0.831. The first-order valence-corrected chi connectivity index (χ1v) is 11.1. The Labute approximate surface area is 170 Å². The number of hydrogen-bond acceptors (Lipinski definition) is 4. The third-order valence-electron chi connectivity index (χ3n) is 5.53. The first-order chi connectivity index (χ1) is 12.9. The van der Waals surface area contributed by atoms with Crippen molar-refractivity contribution in [3.05, 3.63) is 39.3 Å². The third-order valence-corrected chi connectivity index (χ3v) is 7.37. The van der Waals surface area contributed by atoms with Crippen LogP contribution in [0.2, 0.25) is 0 Å². The second-order valence-electron chi connectivity index (χ2n) is 8.77. The van der Waals surface area contributed by atoms with E-state index in [1.807, 2.05) is 6.20 Å². The van der Waals surface area contributed by atoms with Gasteiger partial charge in [-0.15, -0.1) is 11.3 Å². The number of hydrogen-bond donors (Lipinski definition) is 1. The van der Waals surface area contributed by atoms with Gasteiger partial charge in [0.25, 0.3) is 0 Å². The molecule has 0 saturated heterocycles. The molecule has 1 aliphatic carbocycles. The summed E-state index contributed by atoms with van der Waals surface area (Å²) in [5, 5.41) is 9.78. The van der Waals surface area contributed by atoms with Gasteiger partial charge in [0, 0.05) is 16.5 Å². The molecule has 1 aromatic carbocycles. The number of nitrogens with zero attached hydrogens (tertiary/aromatic N) is 2. The molecule has 3 aromatic rings. The summed E-state index contributed by atoms with van der Waals surface area (Å²) in [6.07, 6.45) is 10.0. The predicted octanol–water partition coefficient (Wildman–Crippen LogP) is 6.84. The maximum Gasteiger partial charge on any atom is 0.145 e. The van der Waals surface area contributed by atoms with E-state index in [2.05, 4.69) is 54.2 Å². The quantitative estimate of drug-likeness (QED) is 0.492. The van der Waals surface area contributed by atoms with Gasteiger partial charge in [-0.2, -0.15) is 5.10 Å². The Morgan fingerprint density at radius 2 is 1.96 bits per heavy atom. The monoisotopic (exact) mass is 397 g/mol. The molecule has 2 heterocycles. The molecule has 0 amide bonds. The Morgan fingerprint density at radius 1 is 1.19 bits per heavy atom. The van der Waals surface area contributed by atoms with Crippen LogP contribution in [0.25, 0.3) is 21.6 Å². The molecule has 4 rings (SSSR count). The lowest BCUT2D eigenvalue weighted by atomic mass is 9.85. The van der Waals surface area contributed by atoms with E-state index in [1.165, 1.54) is 49.0 Å². The van der Waals surface area contributed by atoms with Crippen molar-refractivity contribution in [3.8, 4) is 10.7 Å². The fourth-order valence-corrected chi connectivity index (χ4v) is 5.26. The molecular formula is C22H27N3S2. The van der Waals surface area contributed by atoms with Gasteiger partial charge >= 0.3 is 0 Å². The highest BCUT2D eigenvalue weighted by Crippen LogP contribution is 2.34. The summed E-state index contributed by atoms with van der Waals surface area (Å²) in [4.78, 5) is 5.83. The minimum Gasteiger partial charge on any atom is -0.277 e. The van der Waals surface area contributed by atoms with E-state index in [4.69, 9.17) is 12.2 Å². The molecule has 5 heteroatoms. The Kier molecular flexibility index (Phi) is 5.17. The van der Waals surface area contributed by atoms with Gasteiger partial charge in [-0.1, -0.05) is 77.2 Å². The van der Waals surface area contributed by atoms with E-state index in [1.54, 1.807) is 11.3 Å². The fourth-order valence-electron chi connectivity index (χ4n) is 3.90. The molecule has 0 aliphatic heterocycles. The zero-order chi connectivity index (χ0) is 19.0. The fraction of sp³-hybridized carbons (Fsp3) is 0.500. The summed E-state index contributed by atoms with van der Waals surface area (Å²) in [6.45, 7) is 6.60. The normalized spacial score (nSPS) is 16.1. The zero-order valence-electron chi connectivity index (χ0n) is 16.3. The molecule has 0 bridgehead atoms. The highest BCUT2D eigenvalue weighted by atomic mass is 32.1. The molecular weight excluding hydrogens is 370 g/mol. The van der Waals surface area contributed by atoms with Crippen molar-refractivity contribution >= 4 is 34.5 Å². The van der Waals surface area contributed by atoms with Gasteiger partial charge in [0.15, 0.2) is 0 Å². The van der Waals surface area contributed by atoms with E-state index in [-0.39, 0.29) is 5.41 Å². The van der Waals surface area contributed by atoms with Crippen molar-refractivity contribution in [2.24, 2.45) is 5.92 Å². The Balaban J connectivity index is 1.65. The van der Waals surface area contributed by atoms with Crippen LogP contribution in [-0.4, -0.2) is 15.2 Å². The lowest BCUT2D eigenvalue weighted by molar-refractivity contribution is 0.357. The lowest BCUT2D eigenvalue weighted by Crippen LogP contribution is -2.09. The zero-order valence-corrected chi connectivity index (χ0v) is 18.0.